The van der Waals surface area contributed by atoms with Crippen molar-refractivity contribution in [2.75, 3.05) is 13.6 Å². The molecule has 2 unspecified atom stereocenters. The first-order chi connectivity index (χ1) is 9.33. The summed E-state index contributed by atoms with van der Waals surface area (Å²) in [5.74, 6) is 3.72. The zero-order chi connectivity index (χ0) is 13.4. The highest BCUT2D eigenvalue weighted by Gasteiger charge is 2.41. The van der Waals surface area contributed by atoms with Gasteiger partial charge in [0.1, 0.15) is 5.82 Å². The molecule has 4 heteroatoms. The van der Waals surface area contributed by atoms with Gasteiger partial charge in [0.2, 0.25) is 0 Å². The van der Waals surface area contributed by atoms with E-state index in [1.165, 1.54) is 12.0 Å². The summed E-state index contributed by atoms with van der Waals surface area (Å²) in [6.07, 6.45) is 8.02. The zero-order valence-corrected chi connectivity index (χ0v) is 12.0. The first-order valence-electron chi connectivity index (χ1n) is 7.32. The van der Waals surface area contributed by atoms with Gasteiger partial charge in [-0.3, -0.25) is 4.90 Å². The molecule has 0 saturated heterocycles. The van der Waals surface area contributed by atoms with Crippen molar-refractivity contribution >= 4 is 5.57 Å². The van der Waals surface area contributed by atoms with Crippen molar-refractivity contribution in [3.8, 4) is 0 Å². The van der Waals surface area contributed by atoms with Crippen LogP contribution in [0.15, 0.2) is 18.2 Å². The van der Waals surface area contributed by atoms with E-state index in [0.29, 0.717) is 5.92 Å². The van der Waals surface area contributed by atoms with Gasteiger partial charge in [0, 0.05) is 18.7 Å². The van der Waals surface area contributed by atoms with Crippen molar-refractivity contribution < 1.29 is 0 Å². The molecule has 2 aliphatic carbocycles. The first kappa shape index (κ1) is 12.6. The van der Waals surface area contributed by atoms with Crippen LogP contribution < -0.4 is 0 Å². The van der Waals surface area contributed by atoms with E-state index in [0.717, 1.165) is 37.2 Å². The maximum atomic E-state index is 4.42. The summed E-state index contributed by atoms with van der Waals surface area (Å²) in [6, 6.07) is 0. The SMILES string of the molecule is CC.CN1CCn2c(nnc2C2=CC=CC3CC23)C1. The van der Waals surface area contributed by atoms with Crippen molar-refractivity contribution in [2.45, 2.75) is 33.4 Å². The van der Waals surface area contributed by atoms with E-state index < -0.39 is 0 Å². The third-order valence-corrected chi connectivity index (χ3v) is 4.08. The largest absolute Gasteiger partial charge is 0.309 e. The van der Waals surface area contributed by atoms with Crippen LogP contribution >= 0.6 is 0 Å². The second-order valence-corrected chi connectivity index (χ2v) is 5.34. The minimum absolute atomic E-state index is 0.716. The average Bonchev–Trinajstić information content (AvgIpc) is 3.13. The Morgan fingerprint density at radius 3 is 2.89 bits per heavy atom. The number of rotatable bonds is 1. The van der Waals surface area contributed by atoms with Gasteiger partial charge in [-0.15, -0.1) is 10.2 Å². The van der Waals surface area contributed by atoms with Crippen molar-refractivity contribution in [2.24, 2.45) is 11.8 Å². The molecule has 0 aromatic carbocycles. The van der Waals surface area contributed by atoms with E-state index in [4.69, 9.17) is 0 Å². The fraction of sp³-hybridized carbons (Fsp3) is 0.600. The second kappa shape index (κ2) is 4.93. The predicted octanol–water partition coefficient (Wildman–Crippen LogP) is 2.34. The number of fused-ring (bicyclic) bond motifs is 2. The number of aromatic nitrogens is 3. The van der Waals surface area contributed by atoms with E-state index >= 15 is 0 Å². The van der Waals surface area contributed by atoms with Crippen molar-refractivity contribution in [3.63, 3.8) is 0 Å². The highest BCUT2D eigenvalue weighted by molar-refractivity contribution is 5.69. The molecule has 0 amide bonds. The van der Waals surface area contributed by atoms with Gasteiger partial charge in [0.05, 0.1) is 6.54 Å². The maximum Gasteiger partial charge on any atom is 0.160 e. The van der Waals surface area contributed by atoms with Crippen LogP contribution in [0, 0.1) is 11.8 Å². The van der Waals surface area contributed by atoms with Gasteiger partial charge in [-0.2, -0.15) is 0 Å². The monoisotopic (exact) mass is 258 g/mol. The van der Waals surface area contributed by atoms with Gasteiger partial charge in [0.25, 0.3) is 0 Å². The summed E-state index contributed by atoms with van der Waals surface area (Å²) in [6.45, 7) is 7.03. The maximum absolute atomic E-state index is 4.42. The van der Waals surface area contributed by atoms with Crippen LogP contribution in [-0.2, 0) is 13.1 Å². The highest BCUT2D eigenvalue weighted by atomic mass is 15.3. The predicted molar refractivity (Wildman–Crippen MR) is 76.4 cm³/mol. The Bertz CT molecular complexity index is 526. The molecule has 2 heterocycles. The summed E-state index contributed by atoms with van der Waals surface area (Å²) in [5, 5.41) is 8.76. The third kappa shape index (κ3) is 2.14. The molecule has 102 valence electrons. The summed E-state index contributed by atoms with van der Waals surface area (Å²) in [7, 11) is 2.14. The van der Waals surface area contributed by atoms with Gasteiger partial charge >= 0.3 is 0 Å². The third-order valence-electron chi connectivity index (χ3n) is 4.08. The Morgan fingerprint density at radius 2 is 2.05 bits per heavy atom. The summed E-state index contributed by atoms with van der Waals surface area (Å²) in [5.41, 5.74) is 1.40. The summed E-state index contributed by atoms with van der Waals surface area (Å²) in [4.78, 5) is 2.29. The topological polar surface area (TPSA) is 34.0 Å². The van der Waals surface area contributed by atoms with Gasteiger partial charge in [-0.1, -0.05) is 32.1 Å². The lowest BCUT2D eigenvalue weighted by molar-refractivity contribution is 0.264. The molecule has 4 nitrogen and oxygen atoms in total. The van der Waals surface area contributed by atoms with E-state index in [-0.39, 0.29) is 0 Å². The van der Waals surface area contributed by atoms with Crippen molar-refractivity contribution in [1.82, 2.24) is 19.7 Å². The fourth-order valence-corrected chi connectivity index (χ4v) is 2.94. The minimum atomic E-state index is 0.716. The second-order valence-electron chi connectivity index (χ2n) is 5.34. The van der Waals surface area contributed by atoms with Crippen LogP contribution in [-0.4, -0.2) is 33.3 Å². The van der Waals surface area contributed by atoms with E-state index in [1.54, 1.807) is 0 Å². The molecule has 3 aliphatic rings. The molecule has 2 atom stereocenters. The quantitative estimate of drug-likeness (QED) is 0.775. The van der Waals surface area contributed by atoms with Gasteiger partial charge < -0.3 is 4.57 Å². The van der Waals surface area contributed by atoms with Crippen LogP contribution in [0.1, 0.15) is 31.9 Å². The Labute approximate surface area is 114 Å². The van der Waals surface area contributed by atoms with E-state index in [1.807, 2.05) is 13.8 Å². The van der Waals surface area contributed by atoms with E-state index in [2.05, 4.69) is 44.9 Å². The molecule has 0 spiro atoms. The lowest BCUT2D eigenvalue weighted by Crippen LogP contribution is -2.31. The highest BCUT2D eigenvalue weighted by Crippen LogP contribution is 2.50. The molecular weight excluding hydrogens is 236 g/mol. The standard InChI is InChI=1S/C13H16N4.C2H6/c1-16-5-6-17-12(8-16)14-15-13(17)10-4-2-3-9-7-11(9)10;1-2/h2-4,9,11H,5-8H2,1H3;1-2H3. The number of hydrogen-bond acceptors (Lipinski definition) is 3. The van der Waals surface area contributed by atoms with Gasteiger partial charge in [0.15, 0.2) is 5.82 Å². The first-order valence-corrected chi connectivity index (χ1v) is 7.32. The Hall–Kier alpha value is -1.42. The van der Waals surface area contributed by atoms with Crippen molar-refractivity contribution in [1.29, 1.82) is 0 Å². The molecule has 0 radical (unpaired) electrons. The average molecular weight is 258 g/mol. The van der Waals surface area contributed by atoms with Crippen LogP contribution in [0.4, 0.5) is 0 Å². The molecule has 4 rings (SSSR count). The number of allylic oxidation sites excluding steroid dienone is 4. The fourth-order valence-electron chi connectivity index (χ4n) is 2.94. The van der Waals surface area contributed by atoms with Crippen LogP contribution in [0.25, 0.3) is 5.57 Å². The molecular formula is C15H22N4. The summed E-state index contributed by atoms with van der Waals surface area (Å²) < 4.78 is 2.31. The van der Waals surface area contributed by atoms with Crippen LogP contribution in [0.5, 0.6) is 0 Å². The molecule has 19 heavy (non-hydrogen) atoms. The Morgan fingerprint density at radius 1 is 1.21 bits per heavy atom. The normalized spacial score (nSPS) is 27.8. The van der Waals surface area contributed by atoms with Crippen LogP contribution in [0.3, 0.4) is 0 Å². The molecule has 1 saturated carbocycles. The summed E-state index contributed by atoms with van der Waals surface area (Å²) >= 11 is 0. The lowest BCUT2D eigenvalue weighted by Gasteiger charge is -2.24. The van der Waals surface area contributed by atoms with Gasteiger partial charge in [-0.05, 0) is 25.3 Å². The number of hydrogen-bond donors (Lipinski definition) is 0. The molecule has 1 aromatic heterocycles. The van der Waals surface area contributed by atoms with Gasteiger partial charge in [-0.25, -0.2) is 0 Å². The number of likely N-dealkylation sites (N-methyl/N-ethyl adjacent to an activating group) is 1. The molecule has 0 N–H and O–H groups in total. The lowest BCUT2D eigenvalue weighted by atomic mass is 10.0. The Kier molecular flexibility index (Phi) is 3.27. The molecule has 1 fully saturated rings. The van der Waals surface area contributed by atoms with E-state index in [9.17, 15) is 0 Å². The zero-order valence-electron chi connectivity index (χ0n) is 12.0. The smallest absolute Gasteiger partial charge is 0.160 e. The molecule has 1 aromatic rings. The molecule has 1 aliphatic heterocycles. The Balaban J connectivity index is 0.000000528. The van der Waals surface area contributed by atoms with Crippen LogP contribution in [0.2, 0.25) is 0 Å². The number of nitrogens with zero attached hydrogens (tertiary/aromatic N) is 4. The van der Waals surface area contributed by atoms with Crippen molar-refractivity contribution in [3.05, 3.63) is 29.9 Å². The molecule has 0 bridgehead atoms. The minimum Gasteiger partial charge on any atom is -0.309 e.